The van der Waals surface area contributed by atoms with E-state index in [0.717, 1.165) is 26.1 Å². The molecule has 2 aliphatic heterocycles. The van der Waals surface area contributed by atoms with Crippen LogP contribution in [0, 0.1) is 12.8 Å². The highest BCUT2D eigenvalue weighted by atomic mass is 16.5. The lowest BCUT2D eigenvalue weighted by atomic mass is 9.99. The number of hydrogen-bond acceptors (Lipinski definition) is 3. The highest BCUT2D eigenvalue weighted by Crippen LogP contribution is 2.33. The second-order valence-electron chi connectivity index (χ2n) is 6.55. The summed E-state index contributed by atoms with van der Waals surface area (Å²) in [5.74, 6) is 0.243. The molecular weight excluding hydrogens is 264 g/mol. The number of nitrogens with zero attached hydrogens (tertiary/aromatic N) is 2. The molecule has 0 aromatic heterocycles. The Bertz CT molecular complexity index is 529. The van der Waals surface area contributed by atoms with Gasteiger partial charge in [0.05, 0.1) is 18.1 Å². The predicted molar refractivity (Wildman–Crippen MR) is 81.9 cm³/mol. The molecule has 0 unspecified atom stereocenters. The molecule has 1 aromatic carbocycles. The third-order valence-electron chi connectivity index (χ3n) is 4.48. The fraction of sp³-hybridized carbons (Fsp3) is 0.588. The van der Waals surface area contributed by atoms with Crippen molar-refractivity contribution in [1.29, 1.82) is 0 Å². The van der Waals surface area contributed by atoms with Crippen molar-refractivity contribution in [3.8, 4) is 0 Å². The fourth-order valence-corrected chi connectivity index (χ4v) is 3.53. The second-order valence-corrected chi connectivity index (χ2v) is 6.55. The first-order chi connectivity index (χ1) is 10.0. The van der Waals surface area contributed by atoms with Gasteiger partial charge in [0.2, 0.25) is 5.91 Å². The van der Waals surface area contributed by atoms with Gasteiger partial charge >= 0.3 is 0 Å². The van der Waals surface area contributed by atoms with E-state index in [-0.39, 0.29) is 24.0 Å². The maximum atomic E-state index is 12.2. The number of rotatable bonds is 3. The van der Waals surface area contributed by atoms with Crippen molar-refractivity contribution in [3.63, 3.8) is 0 Å². The SMILES string of the molecule is Cc1cccc(CN2C[C@@H]3C[C@@H](C(=O)N(C)C)[C@H](C2)O3)c1. The lowest BCUT2D eigenvalue weighted by Gasteiger charge is -2.33. The molecule has 1 aromatic rings. The van der Waals surface area contributed by atoms with Gasteiger partial charge in [-0.2, -0.15) is 0 Å². The van der Waals surface area contributed by atoms with Crippen LogP contribution >= 0.6 is 0 Å². The maximum Gasteiger partial charge on any atom is 0.227 e. The van der Waals surface area contributed by atoms with E-state index in [1.165, 1.54) is 11.1 Å². The van der Waals surface area contributed by atoms with Crippen LogP contribution in [0.2, 0.25) is 0 Å². The molecule has 4 heteroatoms. The normalized spacial score (nSPS) is 28.6. The molecule has 0 saturated carbocycles. The number of amides is 1. The third kappa shape index (κ3) is 3.11. The zero-order chi connectivity index (χ0) is 15.0. The summed E-state index contributed by atoms with van der Waals surface area (Å²) in [4.78, 5) is 16.3. The molecule has 0 radical (unpaired) electrons. The summed E-state index contributed by atoms with van der Waals surface area (Å²) < 4.78 is 5.98. The number of ether oxygens (including phenoxy) is 1. The Kier molecular flexibility index (Phi) is 4.00. The van der Waals surface area contributed by atoms with Gasteiger partial charge in [-0.15, -0.1) is 0 Å². The minimum Gasteiger partial charge on any atom is -0.371 e. The van der Waals surface area contributed by atoms with Gasteiger partial charge in [0, 0.05) is 33.7 Å². The van der Waals surface area contributed by atoms with Crippen molar-refractivity contribution in [2.24, 2.45) is 5.92 Å². The van der Waals surface area contributed by atoms with Crippen LogP contribution in [0.4, 0.5) is 0 Å². The highest BCUT2D eigenvalue weighted by molar-refractivity contribution is 5.79. The van der Waals surface area contributed by atoms with E-state index in [4.69, 9.17) is 4.74 Å². The minimum atomic E-state index is 0.0347. The lowest BCUT2D eigenvalue weighted by Crippen LogP contribution is -2.44. The van der Waals surface area contributed by atoms with Crippen LogP contribution in [0.3, 0.4) is 0 Å². The van der Waals surface area contributed by atoms with Gasteiger partial charge in [-0.25, -0.2) is 0 Å². The Balaban J connectivity index is 1.66. The molecule has 0 spiro atoms. The molecule has 21 heavy (non-hydrogen) atoms. The van der Waals surface area contributed by atoms with Gasteiger partial charge in [-0.3, -0.25) is 9.69 Å². The highest BCUT2D eigenvalue weighted by Gasteiger charge is 2.44. The van der Waals surface area contributed by atoms with E-state index in [1.54, 1.807) is 4.90 Å². The van der Waals surface area contributed by atoms with Gasteiger partial charge < -0.3 is 9.64 Å². The number of benzene rings is 1. The molecule has 2 saturated heterocycles. The zero-order valence-corrected chi connectivity index (χ0v) is 13.1. The van der Waals surface area contributed by atoms with E-state index in [0.29, 0.717) is 0 Å². The van der Waals surface area contributed by atoms with Gasteiger partial charge in [0.1, 0.15) is 0 Å². The Hall–Kier alpha value is -1.39. The van der Waals surface area contributed by atoms with Crippen LogP contribution in [0.15, 0.2) is 24.3 Å². The first-order valence-electron chi connectivity index (χ1n) is 7.67. The van der Waals surface area contributed by atoms with Crippen LogP contribution < -0.4 is 0 Å². The maximum absolute atomic E-state index is 12.2. The zero-order valence-electron chi connectivity index (χ0n) is 13.1. The molecule has 2 heterocycles. The van der Waals surface area contributed by atoms with Crippen LogP contribution in [-0.2, 0) is 16.1 Å². The van der Waals surface area contributed by atoms with Gasteiger partial charge in [-0.05, 0) is 18.9 Å². The number of likely N-dealkylation sites (tertiary alicyclic amines) is 1. The summed E-state index contributed by atoms with van der Waals surface area (Å²) in [7, 11) is 3.66. The summed E-state index contributed by atoms with van der Waals surface area (Å²) in [6.45, 7) is 4.86. The largest absolute Gasteiger partial charge is 0.371 e. The predicted octanol–water partition coefficient (Wildman–Crippen LogP) is 1.67. The quantitative estimate of drug-likeness (QED) is 0.848. The summed E-state index contributed by atoms with van der Waals surface area (Å²) in [6.07, 6.45) is 1.14. The standard InChI is InChI=1S/C17H24N2O2/c1-12-5-4-6-13(7-12)9-19-10-14-8-15(16(11-19)21-14)17(20)18(2)3/h4-7,14-16H,8-11H2,1-3H3/t14-,15+,16-/m0/s1. The first kappa shape index (κ1) is 14.5. The topological polar surface area (TPSA) is 32.8 Å². The van der Waals surface area contributed by atoms with Crippen LogP contribution in [0.25, 0.3) is 0 Å². The third-order valence-corrected chi connectivity index (χ3v) is 4.48. The average molecular weight is 288 g/mol. The number of aryl methyl sites for hydroxylation is 1. The molecule has 3 atom stereocenters. The molecule has 4 nitrogen and oxygen atoms in total. The lowest BCUT2D eigenvalue weighted by molar-refractivity contribution is -0.136. The summed E-state index contributed by atoms with van der Waals surface area (Å²) in [5, 5.41) is 0. The molecule has 1 amide bonds. The summed E-state index contributed by atoms with van der Waals surface area (Å²) in [6, 6.07) is 8.64. The number of fused-ring (bicyclic) bond motifs is 2. The smallest absolute Gasteiger partial charge is 0.227 e. The van der Waals surface area contributed by atoms with Crippen LogP contribution in [0.1, 0.15) is 17.5 Å². The Labute approximate surface area is 126 Å². The van der Waals surface area contributed by atoms with Gasteiger partial charge in [0.15, 0.2) is 0 Å². The Morgan fingerprint density at radius 2 is 2.19 bits per heavy atom. The molecule has 3 rings (SSSR count). The van der Waals surface area contributed by atoms with Gasteiger partial charge in [-0.1, -0.05) is 29.8 Å². The number of carbonyl (C=O) groups excluding carboxylic acids is 1. The summed E-state index contributed by atoms with van der Waals surface area (Å²) in [5.41, 5.74) is 2.64. The van der Waals surface area contributed by atoms with Crippen LogP contribution in [0.5, 0.6) is 0 Å². The Morgan fingerprint density at radius 1 is 1.38 bits per heavy atom. The van der Waals surface area contributed by atoms with Crippen LogP contribution in [-0.4, -0.2) is 55.1 Å². The Morgan fingerprint density at radius 3 is 2.90 bits per heavy atom. The molecule has 114 valence electrons. The second kappa shape index (κ2) is 5.78. The minimum absolute atomic E-state index is 0.0347. The number of morpholine rings is 1. The molecule has 2 aliphatic rings. The number of carbonyl (C=O) groups is 1. The van der Waals surface area contributed by atoms with Crippen molar-refractivity contribution in [1.82, 2.24) is 9.80 Å². The van der Waals surface area contributed by atoms with E-state index in [2.05, 4.69) is 36.1 Å². The van der Waals surface area contributed by atoms with E-state index in [9.17, 15) is 4.79 Å². The van der Waals surface area contributed by atoms with Crippen molar-refractivity contribution in [2.75, 3.05) is 27.2 Å². The fourth-order valence-electron chi connectivity index (χ4n) is 3.53. The van der Waals surface area contributed by atoms with E-state index in [1.807, 2.05) is 14.1 Å². The van der Waals surface area contributed by atoms with Crippen molar-refractivity contribution < 1.29 is 9.53 Å². The monoisotopic (exact) mass is 288 g/mol. The first-order valence-corrected chi connectivity index (χ1v) is 7.67. The molecule has 2 bridgehead atoms. The summed E-state index contributed by atoms with van der Waals surface area (Å²) >= 11 is 0. The van der Waals surface area contributed by atoms with E-state index < -0.39 is 0 Å². The average Bonchev–Trinajstić information content (AvgIpc) is 2.73. The van der Waals surface area contributed by atoms with E-state index >= 15 is 0 Å². The molecule has 2 fully saturated rings. The molecule has 0 aliphatic carbocycles. The molecular formula is C17H24N2O2. The van der Waals surface area contributed by atoms with Crippen molar-refractivity contribution in [2.45, 2.75) is 32.1 Å². The van der Waals surface area contributed by atoms with Crippen molar-refractivity contribution >= 4 is 5.91 Å². The molecule has 0 N–H and O–H groups in total. The van der Waals surface area contributed by atoms with Crippen molar-refractivity contribution in [3.05, 3.63) is 35.4 Å². The van der Waals surface area contributed by atoms with Gasteiger partial charge in [0.25, 0.3) is 0 Å². The number of hydrogen-bond donors (Lipinski definition) is 0.